The first kappa shape index (κ1) is 10.5. The zero-order valence-corrected chi connectivity index (χ0v) is 10.4. The van der Waals surface area contributed by atoms with Crippen molar-refractivity contribution in [3.8, 4) is 0 Å². The van der Waals surface area contributed by atoms with Gasteiger partial charge in [-0.3, -0.25) is 4.79 Å². The quantitative estimate of drug-likeness (QED) is 0.492. The summed E-state index contributed by atoms with van der Waals surface area (Å²) in [6.45, 7) is 8.63. The van der Waals surface area contributed by atoms with E-state index in [-0.39, 0.29) is 8.84 Å². The van der Waals surface area contributed by atoms with E-state index in [1.807, 2.05) is 0 Å². The molecule has 0 saturated heterocycles. The first-order valence-electron chi connectivity index (χ1n) is 4.48. The van der Waals surface area contributed by atoms with E-state index in [1.165, 1.54) is 0 Å². The molecule has 0 heterocycles. The minimum atomic E-state index is -0.118. The summed E-state index contributed by atoms with van der Waals surface area (Å²) >= 11 is 2.31. The topological polar surface area (TPSA) is 17.1 Å². The Kier molecular flexibility index (Phi) is 2.59. The number of hydrogen-bond acceptors (Lipinski definition) is 1. The zero-order chi connectivity index (χ0) is 9.57. The molecular weight excluding hydrogens is 263 g/mol. The lowest BCUT2D eigenvalue weighted by atomic mass is 9.68. The number of Topliss-reactive ketones (excluding diaryl/α,β-unsaturated/α-hetero) is 1. The van der Waals surface area contributed by atoms with Crippen molar-refractivity contribution in [2.24, 2.45) is 11.3 Å². The Balaban J connectivity index is 2.85. The third kappa shape index (κ3) is 1.83. The van der Waals surface area contributed by atoms with Crippen LogP contribution in [0.2, 0.25) is 0 Å². The van der Waals surface area contributed by atoms with Crippen LogP contribution in [0.5, 0.6) is 0 Å². The summed E-state index contributed by atoms with van der Waals surface area (Å²) < 4.78 is -0.118. The minimum absolute atomic E-state index is 0.118. The predicted molar refractivity (Wildman–Crippen MR) is 59.6 cm³/mol. The molecule has 2 unspecified atom stereocenters. The minimum Gasteiger partial charge on any atom is -0.298 e. The number of ketones is 1. The summed E-state index contributed by atoms with van der Waals surface area (Å²) in [6.07, 6.45) is 1.91. The van der Waals surface area contributed by atoms with Gasteiger partial charge in [0.25, 0.3) is 0 Å². The van der Waals surface area contributed by atoms with Crippen molar-refractivity contribution in [2.75, 3.05) is 0 Å². The summed E-state index contributed by atoms with van der Waals surface area (Å²) in [5.41, 5.74) is 0.223. The highest BCUT2D eigenvalue weighted by Crippen LogP contribution is 2.45. The Morgan fingerprint density at radius 3 is 2.33 bits per heavy atom. The van der Waals surface area contributed by atoms with Crippen molar-refractivity contribution >= 4 is 28.4 Å². The second-order valence-electron chi connectivity index (χ2n) is 4.94. The van der Waals surface area contributed by atoms with Crippen LogP contribution in [-0.2, 0) is 4.79 Å². The fourth-order valence-electron chi connectivity index (χ4n) is 1.98. The molecule has 0 aromatic rings. The highest BCUT2D eigenvalue weighted by molar-refractivity contribution is 14.1. The van der Waals surface area contributed by atoms with E-state index in [4.69, 9.17) is 0 Å². The van der Waals surface area contributed by atoms with E-state index in [9.17, 15) is 4.79 Å². The number of carbonyl (C=O) groups excluding carboxylic acids is 1. The molecule has 12 heavy (non-hydrogen) atoms. The lowest BCUT2D eigenvalue weighted by molar-refractivity contribution is -0.126. The van der Waals surface area contributed by atoms with Gasteiger partial charge in [0.05, 0.1) is 3.42 Å². The Hall–Kier alpha value is 0.400. The maximum Gasteiger partial charge on any atom is 0.149 e. The van der Waals surface area contributed by atoms with Gasteiger partial charge in [-0.25, -0.2) is 0 Å². The normalized spacial score (nSPS) is 41.4. The monoisotopic (exact) mass is 280 g/mol. The number of alkyl halides is 1. The van der Waals surface area contributed by atoms with Crippen LogP contribution in [0.1, 0.15) is 40.5 Å². The molecule has 0 radical (unpaired) electrons. The highest BCUT2D eigenvalue weighted by atomic mass is 127. The van der Waals surface area contributed by atoms with Crippen LogP contribution in [0.3, 0.4) is 0 Å². The van der Waals surface area contributed by atoms with Gasteiger partial charge in [0.15, 0.2) is 0 Å². The van der Waals surface area contributed by atoms with E-state index >= 15 is 0 Å². The van der Waals surface area contributed by atoms with Crippen LogP contribution < -0.4 is 0 Å². The lowest BCUT2D eigenvalue weighted by Crippen LogP contribution is -2.44. The third-order valence-corrected chi connectivity index (χ3v) is 4.63. The molecular formula is C10H17IO. The van der Waals surface area contributed by atoms with Gasteiger partial charge in [0.2, 0.25) is 0 Å². The average molecular weight is 280 g/mol. The molecule has 1 aliphatic rings. The molecule has 0 N–H and O–H groups in total. The zero-order valence-electron chi connectivity index (χ0n) is 8.28. The van der Waals surface area contributed by atoms with Gasteiger partial charge >= 0.3 is 0 Å². The number of carbonyl (C=O) groups is 1. The second kappa shape index (κ2) is 2.96. The predicted octanol–water partition coefficient (Wildman–Crippen LogP) is 3.21. The Morgan fingerprint density at radius 1 is 1.42 bits per heavy atom. The van der Waals surface area contributed by atoms with Gasteiger partial charge in [0.1, 0.15) is 5.78 Å². The maximum absolute atomic E-state index is 11.7. The summed E-state index contributed by atoms with van der Waals surface area (Å²) in [4.78, 5) is 11.7. The molecule has 1 aliphatic carbocycles. The molecule has 0 bridgehead atoms. The molecule has 1 rings (SSSR count). The van der Waals surface area contributed by atoms with E-state index in [1.54, 1.807) is 0 Å². The Labute approximate surface area is 88.4 Å². The Bertz CT molecular complexity index is 206. The maximum atomic E-state index is 11.7. The molecule has 0 aliphatic heterocycles. The lowest BCUT2D eigenvalue weighted by Gasteiger charge is -2.41. The van der Waals surface area contributed by atoms with Crippen LogP contribution in [0.4, 0.5) is 0 Å². The van der Waals surface area contributed by atoms with Crippen LogP contribution >= 0.6 is 22.6 Å². The number of rotatable bonds is 0. The smallest absolute Gasteiger partial charge is 0.149 e. The van der Waals surface area contributed by atoms with Gasteiger partial charge in [-0.05, 0) is 24.7 Å². The van der Waals surface area contributed by atoms with E-state index in [0.29, 0.717) is 11.7 Å². The summed E-state index contributed by atoms with van der Waals surface area (Å²) in [5.74, 6) is 0.932. The second-order valence-corrected chi connectivity index (χ2v) is 7.19. The van der Waals surface area contributed by atoms with Crippen LogP contribution in [0, 0.1) is 11.3 Å². The number of hydrogen-bond donors (Lipinski definition) is 0. The summed E-state index contributed by atoms with van der Waals surface area (Å²) in [5, 5.41) is 0. The SMILES string of the molecule is CC1CC(C)(C)CC(=O)C1(C)I. The van der Waals surface area contributed by atoms with E-state index < -0.39 is 0 Å². The number of halogens is 1. The molecule has 70 valence electrons. The molecule has 2 atom stereocenters. The van der Waals surface area contributed by atoms with Crippen LogP contribution in [-0.4, -0.2) is 9.20 Å². The van der Waals surface area contributed by atoms with Gasteiger partial charge in [0, 0.05) is 6.42 Å². The molecule has 0 amide bonds. The molecule has 0 aromatic heterocycles. The third-order valence-electron chi connectivity index (χ3n) is 2.97. The Morgan fingerprint density at radius 2 is 1.92 bits per heavy atom. The molecule has 2 heteroatoms. The van der Waals surface area contributed by atoms with Crippen molar-refractivity contribution in [1.29, 1.82) is 0 Å². The first-order chi connectivity index (χ1) is 5.26. The molecule has 0 aromatic carbocycles. The van der Waals surface area contributed by atoms with Crippen molar-refractivity contribution in [1.82, 2.24) is 0 Å². The van der Waals surface area contributed by atoms with Gasteiger partial charge in [-0.2, -0.15) is 0 Å². The van der Waals surface area contributed by atoms with Crippen LogP contribution in [0.25, 0.3) is 0 Å². The van der Waals surface area contributed by atoms with E-state index in [0.717, 1.165) is 12.8 Å². The van der Waals surface area contributed by atoms with Crippen molar-refractivity contribution < 1.29 is 4.79 Å². The average Bonchev–Trinajstić information content (AvgIpc) is 1.82. The molecule has 1 nitrogen and oxygen atoms in total. The highest BCUT2D eigenvalue weighted by Gasteiger charge is 2.44. The van der Waals surface area contributed by atoms with E-state index in [2.05, 4.69) is 50.3 Å². The molecule has 1 saturated carbocycles. The van der Waals surface area contributed by atoms with Gasteiger partial charge in [-0.1, -0.05) is 43.4 Å². The van der Waals surface area contributed by atoms with Crippen molar-refractivity contribution in [3.63, 3.8) is 0 Å². The van der Waals surface area contributed by atoms with Crippen LogP contribution in [0.15, 0.2) is 0 Å². The molecule has 0 spiro atoms. The first-order valence-corrected chi connectivity index (χ1v) is 5.56. The summed E-state index contributed by atoms with van der Waals surface area (Å²) in [6, 6.07) is 0. The standard InChI is InChI=1S/C10H17IO/c1-7-5-9(2,3)6-8(12)10(7,4)11/h7H,5-6H2,1-4H3. The van der Waals surface area contributed by atoms with Gasteiger partial charge < -0.3 is 0 Å². The van der Waals surface area contributed by atoms with Crippen molar-refractivity contribution in [2.45, 2.75) is 44.0 Å². The molecule has 1 fully saturated rings. The fraction of sp³-hybridized carbons (Fsp3) is 0.900. The fourth-order valence-corrected chi connectivity index (χ4v) is 2.39. The van der Waals surface area contributed by atoms with Gasteiger partial charge in [-0.15, -0.1) is 0 Å². The largest absolute Gasteiger partial charge is 0.298 e. The summed E-state index contributed by atoms with van der Waals surface area (Å²) in [7, 11) is 0. The van der Waals surface area contributed by atoms with Crippen molar-refractivity contribution in [3.05, 3.63) is 0 Å².